The molecule has 0 unspecified atom stereocenters. The summed E-state index contributed by atoms with van der Waals surface area (Å²) in [7, 11) is 0. The van der Waals surface area contributed by atoms with Crippen LogP contribution in [-0.4, -0.2) is 22.6 Å². The van der Waals surface area contributed by atoms with Crippen molar-refractivity contribution in [1.82, 2.24) is 15.5 Å². The third kappa shape index (κ3) is 4.02. The van der Waals surface area contributed by atoms with Gasteiger partial charge in [-0.1, -0.05) is 40.0 Å². The minimum atomic E-state index is -0.108. The number of amides is 1. The normalized spacial score (nSPS) is 16.9. The van der Waals surface area contributed by atoms with Crippen LogP contribution in [0.3, 0.4) is 0 Å². The van der Waals surface area contributed by atoms with E-state index in [-0.39, 0.29) is 11.3 Å². The van der Waals surface area contributed by atoms with Crippen LogP contribution >= 0.6 is 0 Å². The van der Waals surface area contributed by atoms with E-state index in [9.17, 15) is 4.79 Å². The number of rotatable bonds is 3. The maximum atomic E-state index is 12.0. The zero-order valence-electron chi connectivity index (χ0n) is 12.8. The van der Waals surface area contributed by atoms with Crippen LogP contribution in [0.5, 0.6) is 0 Å². The van der Waals surface area contributed by atoms with Crippen LogP contribution in [0.25, 0.3) is 0 Å². The first-order chi connectivity index (χ1) is 9.47. The number of hydrogen-bond acceptors (Lipinski definition) is 3. The van der Waals surface area contributed by atoms with Crippen molar-refractivity contribution in [3.8, 4) is 0 Å². The fourth-order valence-electron chi connectivity index (χ4n) is 2.57. The molecule has 1 aliphatic carbocycles. The van der Waals surface area contributed by atoms with Gasteiger partial charge in [-0.05, 0) is 30.9 Å². The molecule has 0 saturated heterocycles. The second-order valence-corrected chi connectivity index (χ2v) is 6.77. The van der Waals surface area contributed by atoms with E-state index in [0.29, 0.717) is 11.6 Å². The van der Waals surface area contributed by atoms with E-state index in [1.807, 2.05) is 6.07 Å². The fraction of sp³-hybridized carbons (Fsp3) is 0.688. The lowest BCUT2D eigenvalue weighted by atomic mass is 9.89. The molecule has 1 amide bonds. The highest BCUT2D eigenvalue weighted by Gasteiger charge is 2.18. The molecule has 20 heavy (non-hydrogen) atoms. The highest BCUT2D eigenvalue weighted by atomic mass is 16.1. The Balaban J connectivity index is 1.89. The molecule has 4 heteroatoms. The Morgan fingerprint density at radius 2 is 1.90 bits per heavy atom. The molecule has 4 nitrogen and oxygen atoms in total. The quantitative estimate of drug-likeness (QED) is 0.922. The van der Waals surface area contributed by atoms with Gasteiger partial charge in [0.15, 0.2) is 5.69 Å². The van der Waals surface area contributed by atoms with Gasteiger partial charge >= 0.3 is 0 Å². The van der Waals surface area contributed by atoms with Gasteiger partial charge in [-0.15, -0.1) is 5.10 Å². The van der Waals surface area contributed by atoms with Crippen LogP contribution in [0.1, 0.15) is 69.1 Å². The van der Waals surface area contributed by atoms with E-state index in [0.717, 1.165) is 12.2 Å². The lowest BCUT2D eigenvalue weighted by Crippen LogP contribution is -2.31. The molecular formula is C16H25N3O. The Morgan fingerprint density at radius 1 is 1.20 bits per heavy atom. The molecular weight excluding hydrogens is 250 g/mol. The predicted molar refractivity (Wildman–Crippen MR) is 79.6 cm³/mol. The SMILES string of the molecule is CC(C)(C)c1ccc(C(=O)NCC2CCCCC2)nn1. The second kappa shape index (κ2) is 6.33. The van der Waals surface area contributed by atoms with Crippen molar-refractivity contribution in [2.75, 3.05) is 6.54 Å². The van der Waals surface area contributed by atoms with E-state index in [1.165, 1.54) is 32.1 Å². The van der Waals surface area contributed by atoms with E-state index < -0.39 is 0 Å². The van der Waals surface area contributed by atoms with Crippen molar-refractivity contribution in [2.45, 2.75) is 58.3 Å². The summed E-state index contributed by atoms with van der Waals surface area (Å²) in [4.78, 5) is 12.0. The summed E-state index contributed by atoms with van der Waals surface area (Å²) in [6, 6.07) is 3.66. The average molecular weight is 275 g/mol. The fourth-order valence-corrected chi connectivity index (χ4v) is 2.57. The van der Waals surface area contributed by atoms with Crippen molar-refractivity contribution in [1.29, 1.82) is 0 Å². The molecule has 0 atom stereocenters. The van der Waals surface area contributed by atoms with Gasteiger partial charge in [-0.25, -0.2) is 0 Å². The van der Waals surface area contributed by atoms with Gasteiger partial charge in [0.1, 0.15) is 0 Å². The van der Waals surface area contributed by atoms with Crippen LogP contribution in [0.2, 0.25) is 0 Å². The standard InChI is InChI=1S/C16H25N3O/c1-16(2,3)14-10-9-13(18-19-14)15(20)17-11-12-7-5-4-6-8-12/h9-10,12H,4-8,11H2,1-3H3,(H,17,20). The molecule has 1 saturated carbocycles. The lowest BCUT2D eigenvalue weighted by molar-refractivity contribution is 0.0937. The minimum Gasteiger partial charge on any atom is -0.350 e. The maximum Gasteiger partial charge on any atom is 0.271 e. The van der Waals surface area contributed by atoms with Crippen LogP contribution in [0.15, 0.2) is 12.1 Å². The first kappa shape index (κ1) is 14.9. The Bertz CT molecular complexity index is 442. The second-order valence-electron chi connectivity index (χ2n) is 6.77. The van der Waals surface area contributed by atoms with Crippen molar-refractivity contribution < 1.29 is 4.79 Å². The summed E-state index contributed by atoms with van der Waals surface area (Å²) in [5, 5.41) is 11.2. The monoisotopic (exact) mass is 275 g/mol. The average Bonchev–Trinajstić information content (AvgIpc) is 2.45. The number of carbonyl (C=O) groups is 1. The molecule has 1 heterocycles. The Morgan fingerprint density at radius 3 is 2.45 bits per heavy atom. The van der Waals surface area contributed by atoms with Gasteiger partial charge in [0.25, 0.3) is 5.91 Å². The van der Waals surface area contributed by atoms with Gasteiger partial charge in [0.05, 0.1) is 5.69 Å². The molecule has 110 valence electrons. The van der Waals surface area contributed by atoms with Crippen LogP contribution in [0.4, 0.5) is 0 Å². The Kier molecular flexibility index (Phi) is 4.73. The summed E-state index contributed by atoms with van der Waals surface area (Å²) >= 11 is 0. The van der Waals surface area contributed by atoms with Gasteiger partial charge < -0.3 is 5.32 Å². The van der Waals surface area contributed by atoms with Gasteiger partial charge in [-0.2, -0.15) is 5.10 Å². The largest absolute Gasteiger partial charge is 0.350 e. The van der Waals surface area contributed by atoms with Gasteiger partial charge in [-0.3, -0.25) is 4.79 Å². The van der Waals surface area contributed by atoms with Crippen molar-refractivity contribution >= 4 is 5.91 Å². The maximum absolute atomic E-state index is 12.0. The molecule has 0 aliphatic heterocycles. The molecule has 1 fully saturated rings. The van der Waals surface area contributed by atoms with Crippen molar-refractivity contribution in [2.24, 2.45) is 5.92 Å². The third-order valence-corrected chi connectivity index (χ3v) is 3.94. The van der Waals surface area contributed by atoms with Crippen LogP contribution < -0.4 is 5.32 Å². The first-order valence-electron chi connectivity index (χ1n) is 7.59. The molecule has 0 aromatic carbocycles. The summed E-state index contributed by atoms with van der Waals surface area (Å²) in [5.41, 5.74) is 1.28. The van der Waals surface area contributed by atoms with Crippen LogP contribution in [0, 0.1) is 5.92 Å². The number of aromatic nitrogens is 2. The summed E-state index contributed by atoms with van der Waals surface area (Å²) < 4.78 is 0. The molecule has 1 aliphatic rings. The molecule has 2 rings (SSSR count). The molecule has 1 aromatic rings. The Labute approximate surface area is 121 Å². The molecule has 1 aromatic heterocycles. The smallest absolute Gasteiger partial charge is 0.271 e. The van der Waals surface area contributed by atoms with Crippen molar-refractivity contribution in [3.63, 3.8) is 0 Å². The number of nitrogens with zero attached hydrogens (tertiary/aromatic N) is 2. The first-order valence-corrected chi connectivity index (χ1v) is 7.59. The molecule has 0 spiro atoms. The zero-order chi connectivity index (χ0) is 14.6. The summed E-state index contributed by atoms with van der Waals surface area (Å²) in [5.74, 6) is 0.526. The van der Waals surface area contributed by atoms with Crippen LogP contribution in [-0.2, 0) is 5.41 Å². The number of hydrogen-bond donors (Lipinski definition) is 1. The summed E-state index contributed by atoms with van der Waals surface area (Å²) in [6.07, 6.45) is 6.38. The third-order valence-electron chi connectivity index (χ3n) is 3.94. The molecule has 0 radical (unpaired) electrons. The lowest BCUT2D eigenvalue weighted by Gasteiger charge is -2.21. The highest BCUT2D eigenvalue weighted by Crippen LogP contribution is 2.23. The number of nitrogens with one attached hydrogen (secondary N) is 1. The van der Waals surface area contributed by atoms with E-state index in [1.54, 1.807) is 6.07 Å². The number of carbonyl (C=O) groups excluding carboxylic acids is 1. The Hall–Kier alpha value is -1.45. The van der Waals surface area contributed by atoms with Gasteiger partial charge in [0.2, 0.25) is 0 Å². The van der Waals surface area contributed by atoms with E-state index in [2.05, 4.69) is 36.3 Å². The predicted octanol–water partition coefficient (Wildman–Crippen LogP) is 3.08. The summed E-state index contributed by atoms with van der Waals surface area (Å²) in [6.45, 7) is 7.01. The van der Waals surface area contributed by atoms with E-state index in [4.69, 9.17) is 0 Å². The van der Waals surface area contributed by atoms with Gasteiger partial charge in [0, 0.05) is 12.0 Å². The van der Waals surface area contributed by atoms with Crippen molar-refractivity contribution in [3.05, 3.63) is 23.5 Å². The zero-order valence-corrected chi connectivity index (χ0v) is 12.8. The van der Waals surface area contributed by atoms with E-state index >= 15 is 0 Å². The minimum absolute atomic E-state index is 0.0376. The highest BCUT2D eigenvalue weighted by molar-refractivity contribution is 5.92. The molecule has 0 bridgehead atoms. The molecule has 1 N–H and O–H groups in total. The topological polar surface area (TPSA) is 54.9 Å².